The number of amides is 1. The number of hydrogen-bond acceptors (Lipinski definition) is 6. The van der Waals surface area contributed by atoms with Gasteiger partial charge in [-0.25, -0.2) is 0 Å². The van der Waals surface area contributed by atoms with Gasteiger partial charge in [0.25, 0.3) is 0 Å². The first kappa shape index (κ1) is 14.3. The van der Waals surface area contributed by atoms with E-state index in [0.29, 0.717) is 0 Å². The first-order valence-corrected chi connectivity index (χ1v) is 5.31. The van der Waals surface area contributed by atoms with Crippen LogP contribution in [-0.2, 0) is 19.0 Å². The molecule has 0 aromatic rings. The van der Waals surface area contributed by atoms with E-state index < -0.39 is 30.6 Å². The van der Waals surface area contributed by atoms with E-state index in [4.69, 9.17) is 14.2 Å². The predicted molar refractivity (Wildman–Crippen MR) is 57.2 cm³/mol. The number of aliphatic hydroxyl groups excluding tert-OH is 2. The first-order valence-electron chi connectivity index (χ1n) is 5.31. The topological polar surface area (TPSA) is 97.2 Å². The van der Waals surface area contributed by atoms with Crippen LogP contribution in [-0.4, -0.2) is 67.6 Å². The van der Waals surface area contributed by atoms with Gasteiger partial charge in [-0.3, -0.25) is 4.79 Å². The number of ether oxygens (including phenoxy) is 3. The highest BCUT2D eigenvalue weighted by Crippen LogP contribution is 2.22. The van der Waals surface area contributed by atoms with Gasteiger partial charge in [0.2, 0.25) is 5.91 Å². The third-order valence-corrected chi connectivity index (χ3v) is 2.67. The zero-order valence-corrected chi connectivity index (χ0v) is 10.1. The Balaban J connectivity index is 2.76. The van der Waals surface area contributed by atoms with E-state index in [1.807, 2.05) is 0 Å². The van der Waals surface area contributed by atoms with Crippen molar-refractivity contribution in [2.24, 2.45) is 0 Å². The molecule has 100 valence electrons. The van der Waals surface area contributed by atoms with Gasteiger partial charge in [-0.05, 0) is 0 Å². The monoisotopic (exact) mass is 249 g/mol. The van der Waals surface area contributed by atoms with Crippen LogP contribution in [0.5, 0.6) is 0 Å². The molecule has 0 aromatic carbocycles. The Hall–Kier alpha value is -0.730. The van der Waals surface area contributed by atoms with Crippen molar-refractivity contribution in [3.05, 3.63) is 0 Å². The first-order chi connectivity index (χ1) is 8.01. The molecule has 0 aliphatic carbocycles. The van der Waals surface area contributed by atoms with E-state index in [2.05, 4.69) is 5.32 Å². The summed E-state index contributed by atoms with van der Waals surface area (Å²) < 4.78 is 15.1. The number of carbonyl (C=O) groups excluding carboxylic acids is 1. The zero-order chi connectivity index (χ0) is 13.0. The van der Waals surface area contributed by atoms with Crippen molar-refractivity contribution >= 4 is 5.91 Å². The van der Waals surface area contributed by atoms with Crippen LogP contribution in [0.1, 0.15) is 6.92 Å². The second-order valence-electron chi connectivity index (χ2n) is 3.94. The summed E-state index contributed by atoms with van der Waals surface area (Å²) in [6.07, 6.45) is -3.67. The average molecular weight is 249 g/mol. The molecule has 0 radical (unpaired) electrons. The van der Waals surface area contributed by atoms with Gasteiger partial charge in [-0.2, -0.15) is 0 Å². The summed E-state index contributed by atoms with van der Waals surface area (Å²) >= 11 is 0. The largest absolute Gasteiger partial charge is 0.388 e. The summed E-state index contributed by atoms with van der Waals surface area (Å²) in [5.74, 6) is -0.336. The molecule has 1 fully saturated rings. The number of carbonyl (C=O) groups is 1. The highest BCUT2D eigenvalue weighted by Gasteiger charge is 2.45. The number of hydrogen-bond donors (Lipinski definition) is 3. The van der Waals surface area contributed by atoms with Crippen LogP contribution in [0.25, 0.3) is 0 Å². The maximum Gasteiger partial charge on any atom is 0.217 e. The molecular weight excluding hydrogens is 230 g/mol. The third-order valence-electron chi connectivity index (χ3n) is 2.67. The molecule has 0 spiro atoms. The van der Waals surface area contributed by atoms with Gasteiger partial charge in [0.05, 0.1) is 6.61 Å². The van der Waals surface area contributed by atoms with E-state index in [9.17, 15) is 15.0 Å². The van der Waals surface area contributed by atoms with Crippen LogP contribution in [0, 0.1) is 0 Å². The molecule has 7 heteroatoms. The van der Waals surface area contributed by atoms with Gasteiger partial charge in [0.15, 0.2) is 6.29 Å². The summed E-state index contributed by atoms with van der Waals surface area (Å²) in [5.41, 5.74) is 0. The van der Waals surface area contributed by atoms with Crippen molar-refractivity contribution in [3.63, 3.8) is 0 Å². The summed E-state index contributed by atoms with van der Waals surface area (Å²) in [6, 6.07) is -0.805. The predicted octanol–water partition coefficient (Wildman–Crippen LogP) is -1.77. The lowest BCUT2D eigenvalue weighted by Crippen LogP contribution is -2.64. The van der Waals surface area contributed by atoms with Crippen molar-refractivity contribution in [2.75, 3.05) is 20.8 Å². The third kappa shape index (κ3) is 3.36. The minimum Gasteiger partial charge on any atom is -0.388 e. The number of aliphatic hydroxyl groups is 2. The fraction of sp³-hybridized carbons (Fsp3) is 0.900. The lowest BCUT2D eigenvalue weighted by molar-refractivity contribution is -0.259. The van der Waals surface area contributed by atoms with Crippen LogP contribution in [0.3, 0.4) is 0 Å². The normalized spacial score (nSPS) is 37.8. The van der Waals surface area contributed by atoms with Gasteiger partial charge in [0, 0.05) is 21.1 Å². The van der Waals surface area contributed by atoms with Gasteiger partial charge in [0.1, 0.15) is 24.4 Å². The quantitative estimate of drug-likeness (QED) is 0.545. The van der Waals surface area contributed by atoms with E-state index >= 15 is 0 Å². The summed E-state index contributed by atoms with van der Waals surface area (Å²) in [7, 11) is 2.86. The van der Waals surface area contributed by atoms with E-state index in [1.165, 1.54) is 21.1 Å². The van der Waals surface area contributed by atoms with Gasteiger partial charge >= 0.3 is 0 Å². The average Bonchev–Trinajstić information content (AvgIpc) is 2.25. The second kappa shape index (κ2) is 6.27. The van der Waals surface area contributed by atoms with Crippen molar-refractivity contribution < 1.29 is 29.2 Å². The minimum absolute atomic E-state index is 0.130. The van der Waals surface area contributed by atoms with Gasteiger partial charge in [-0.15, -0.1) is 0 Å². The van der Waals surface area contributed by atoms with E-state index in [0.717, 1.165) is 0 Å². The molecule has 0 bridgehead atoms. The fourth-order valence-electron chi connectivity index (χ4n) is 1.91. The van der Waals surface area contributed by atoms with Crippen molar-refractivity contribution in [2.45, 2.75) is 37.6 Å². The lowest BCUT2D eigenvalue weighted by Gasteiger charge is -2.42. The van der Waals surface area contributed by atoms with Crippen LogP contribution in [0.4, 0.5) is 0 Å². The van der Waals surface area contributed by atoms with Crippen LogP contribution >= 0.6 is 0 Å². The van der Waals surface area contributed by atoms with Crippen molar-refractivity contribution in [1.29, 1.82) is 0 Å². The Labute approximate surface area is 99.7 Å². The molecule has 1 amide bonds. The maximum atomic E-state index is 11.0. The van der Waals surface area contributed by atoms with Gasteiger partial charge in [-0.1, -0.05) is 0 Å². The molecule has 0 saturated carbocycles. The molecule has 3 N–H and O–H groups in total. The Bertz CT molecular complexity index is 261. The molecule has 0 aromatic heterocycles. The van der Waals surface area contributed by atoms with Crippen LogP contribution < -0.4 is 5.32 Å². The molecule has 1 aliphatic heterocycles. The molecule has 1 heterocycles. The highest BCUT2D eigenvalue weighted by atomic mass is 16.6. The Morgan fingerprint density at radius 1 is 1.41 bits per heavy atom. The molecule has 1 aliphatic rings. The number of nitrogens with one attached hydrogen (secondary N) is 1. The summed E-state index contributed by atoms with van der Waals surface area (Å²) in [5, 5.41) is 22.2. The molecule has 5 atom stereocenters. The standard InChI is InChI=1S/C10H19NO6/c1-5(12)11-7-9(16-3)8(13)6(4-15-2)17-10(7)14/h6-10,13-14H,4H2,1-3H3,(H,11,12)/t6-,7+,8-,9+,10-/m0/s1. The minimum atomic E-state index is -1.24. The highest BCUT2D eigenvalue weighted by molar-refractivity contribution is 5.73. The molecule has 17 heavy (non-hydrogen) atoms. The molecule has 1 saturated heterocycles. The smallest absolute Gasteiger partial charge is 0.217 e. The summed E-state index contributed by atoms with van der Waals surface area (Å²) in [6.45, 7) is 1.44. The Morgan fingerprint density at radius 3 is 2.53 bits per heavy atom. The maximum absolute atomic E-state index is 11.0. The van der Waals surface area contributed by atoms with E-state index in [-0.39, 0.29) is 12.5 Å². The van der Waals surface area contributed by atoms with Crippen LogP contribution in [0.2, 0.25) is 0 Å². The van der Waals surface area contributed by atoms with Gasteiger partial charge < -0.3 is 29.7 Å². The Morgan fingerprint density at radius 2 is 2.06 bits per heavy atom. The van der Waals surface area contributed by atoms with Crippen LogP contribution in [0.15, 0.2) is 0 Å². The van der Waals surface area contributed by atoms with Crippen molar-refractivity contribution in [3.8, 4) is 0 Å². The molecule has 0 unspecified atom stereocenters. The second-order valence-corrected chi connectivity index (χ2v) is 3.94. The zero-order valence-electron chi connectivity index (χ0n) is 10.1. The SMILES string of the molecule is COC[C@@H]1O[C@H](O)[C@H](NC(C)=O)[C@@H](OC)[C@H]1O. The number of rotatable bonds is 4. The number of methoxy groups -OCH3 is 2. The van der Waals surface area contributed by atoms with Crippen molar-refractivity contribution in [1.82, 2.24) is 5.32 Å². The molecular formula is C10H19NO6. The summed E-state index contributed by atoms with van der Waals surface area (Å²) in [4.78, 5) is 11.0. The lowest BCUT2D eigenvalue weighted by atomic mass is 9.97. The Kier molecular flexibility index (Phi) is 5.29. The van der Waals surface area contributed by atoms with E-state index in [1.54, 1.807) is 0 Å². The molecule has 1 rings (SSSR count). The molecule has 7 nitrogen and oxygen atoms in total. The fourth-order valence-corrected chi connectivity index (χ4v) is 1.91.